The summed E-state index contributed by atoms with van der Waals surface area (Å²) in [6, 6.07) is 13.8. The van der Waals surface area contributed by atoms with E-state index in [9.17, 15) is 13.0 Å². The fourth-order valence-corrected chi connectivity index (χ4v) is 2.35. The molecular formula is C13H14NO3S-. The van der Waals surface area contributed by atoms with Crippen LogP contribution in [0.4, 0.5) is 5.69 Å². The molecule has 0 aliphatic heterocycles. The largest absolute Gasteiger partial charge is 0.748 e. The van der Waals surface area contributed by atoms with Gasteiger partial charge in [-0.2, -0.15) is 0 Å². The standard InChI is InChI=1S/C13H15NO3S/c15-18(16,17)10-4-9-14-13-8-3-6-11-5-1-2-7-12(11)13/h1-3,5-8,14H,4,9-10H2,(H,15,16,17)/p-1. The van der Waals surface area contributed by atoms with Gasteiger partial charge in [0.25, 0.3) is 0 Å². The van der Waals surface area contributed by atoms with Crippen molar-refractivity contribution in [1.82, 2.24) is 0 Å². The molecule has 4 nitrogen and oxygen atoms in total. The van der Waals surface area contributed by atoms with Crippen molar-refractivity contribution in [1.29, 1.82) is 0 Å². The highest BCUT2D eigenvalue weighted by Crippen LogP contribution is 2.22. The van der Waals surface area contributed by atoms with Gasteiger partial charge in [0.05, 0.1) is 10.1 Å². The van der Waals surface area contributed by atoms with Gasteiger partial charge in [-0.3, -0.25) is 0 Å². The van der Waals surface area contributed by atoms with Gasteiger partial charge in [0.15, 0.2) is 0 Å². The number of benzene rings is 2. The molecule has 0 aliphatic carbocycles. The lowest BCUT2D eigenvalue weighted by Gasteiger charge is -2.10. The number of hydrogen-bond donors (Lipinski definition) is 1. The van der Waals surface area contributed by atoms with Crippen molar-refractivity contribution in [2.75, 3.05) is 17.6 Å². The normalized spacial score (nSPS) is 11.6. The number of hydrogen-bond acceptors (Lipinski definition) is 4. The first kappa shape index (κ1) is 12.9. The van der Waals surface area contributed by atoms with Gasteiger partial charge in [-0.25, -0.2) is 8.42 Å². The van der Waals surface area contributed by atoms with Crippen molar-refractivity contribution in [3.8, 4) is 0 Å². The van der Waals surface area contributed by atoms with Crippen molar-refractivity contribution in [2.45, 2.75) is 6.42 Å². The van der Waals surface area contributed by atoms with E-state index in [1.54, 1.807) is 0 Å². The Morgan fingerprint density at radius 1 is 1.06 bits per heavy atom. The summed E-state index contributed by atoms with van der Waals surface area (Å²) in [5.74, 6) is -0.329. The van der Waals surface area contributed by atoms with Crippen LogP contribution in [0, 0.1) is 0 Å². The molecule has 0 bridgehead atoms. The summed E-state index contributed by atoms with van der Waals surface area (Å²) >= 11 is 0. The van der Waals surface area contributed by atoms with E-state index in [-0.39, 0.29) is 5.75 Å². The predicted molar refractivity (Wildman–Crippen MR) is 71.6 cm³/mol. The second-order valence-electron chi connectivity index (χ2n) is 4.07. The third-order valence-electron chi connectivity index (χ3n) is 2.68. The molecule has 2 aromatic rings. The fraction of sp³-hybridized carbons (Fsp3) is 0.231. The van der Waals surface area contributed by atoms with Gasteiger partial charge in [0.2, 0.25) is 0 Å². The Balaban J connectivity index is 2.04. The highest BCUT2D eigenvalue weighted by molar-refractivity contribution is 7.85. The summed E-state index contributed by atoms with van der Waals surface area (Å²) in [5.41, 5.74) is 0.955. The van der Waals surface area contributed by atoms with E-state index < -0.39 is 10.1 Å². The molecule has 0 saturated heterocycles. The van der Waals surface area contributed by atoms with Gasteiger partial charge in [-0.05, 0) is 17.9 Å². The molecule has 0 spiro atoms. The molecule has 5 heteroatoms. The third kappa shape index (κ3) is 3.45. The first-order chi connectivity index (χ1) is 8.56. The van der Waals surface area contributed by atoms with E-state index in [1.165, 1.54) is 0 Å². The van der Waals surface area contributed by atoms with Crippen molar-refractivity contribution in [2.24, 2.45) is 0 Å². The van der Waals surface area contributed by atoms with Crippen LogP contribution in [0.5, 0.6) is 0 Å². The lowest BCUT2D eigenvalue weighted by molar-refractivity contribution is 0.462. The van der Waals surface area contributed by atoms with Crippen molar-refractivity contribution < 1.29 is 13.0 Å². The fourth-order valence-electron chi connectivity index (χ4n) is 1.85. The molecule has 2 rings (SSSR count). The predicted octanol–water partition coefficient (Wildman–Crippen LogP) is 2.19. The zero-order chi connectivity index (χ0) is 13.0. The minimum atomic E-state index is -4.11. The second kappa shape index (κ2) is 5.37. The van der Waals surface area contributed by atoms with Gasteiger partial charge in [0.1, 0.15) is 0 Å². The van der Waals surface area contributed by atoms with E-state index in [2.05, 4.69) is 5.32 Å². The SMILES string of the molecule is O=S(=O)([O-])CCCNc1cccc2ccccc12. The molecule has 0 saturated carbocycles. The van der Waals surface area contributed by atoms with Crippen LogP contribution in [0.3, 0.4) is 0 Å². The van der Waals surface area contributed by atoms with E-state index in [0.29, 0.717) is 13.0 Å². The topological polar surface area (TPSA) is 69.2 Å². The minimum Gasteiger partial charge on any atom is -0.748 e. The summed E-state index contributed by atoms with van der Waals surface area (Å²) in [6.07, 6.45) is 0.315. The Labute approximate surface area is 106 Å². The van der Waals surface area contributed by atoms with Crippen LogP contribution in [0.1, 0.15) is 6.42 Å². The van der Waals surface area contributed by atoms with Crippen LogP contribution in [0.15, 0.2) is 42.5 Å². The average molecular weight is 264 g/mol. The van der Waals surface area contributed by atoms with Gasteiger partial charge in [-0.1, -0.05) is 36.4 Å². The molecule has 2 aromatic carbocycles. The van der Waals surface area contributed by atoms with Crippen molar-refractivity contribution >= 4 is 26.6 Å². The maximum atomic E-state index is 10.5. The van der Waals surface area contributed by atoms with E-state index >= 15 is 0 Å². The van der Waals surface area contributed by atoms with E-state index in [0.717, 1.165) is 16.5 Å². The molecule has 96 valence electrons. The highest BCUT2D eigenvalue weighted by atomic mass is 32.2. The first-order valence-electron chi connectivity index (χ1n) is 5.71. The Morgan fingerprint density at radius 3 is 2.56 bits per heavy atom. The first-order valence-corrected chi connectivity index (χ1v) is 7.29. The minimum absolute atomic E-state index is 0.315. The monoisotopic (exact) mass is 264 g/mol. The molecule has 1 N–H and O–H groups in total. The summed E-state index contributed by atoms with van der Waals surface area (Å²) in [7, 11) is -4.11. The molecule has 0 atom stereocenters. The van der Waals surface area contributed by atoms with Gasteiger partial charge in [0, 0.05) is 23.4 Å². The zero-order valence-electron chi connectivity index (χ0n) is 9.80. The molecule has 0 fully saturated rings. The maximum absolute atomic E-state index is 10.5. The Hall–Kier alpha value is -1.59. The van der Waals surface area contributed by atoms with E-state index in [1.807, 2.05) is 42.5 Å². The molecule has 0 aliphatic rings. The Morgan fingerprint density at radius 2 is 1.78 bits per heavy atom. The summed E-state index contributed by atoms with van der Waals surface area (Å²) in [5, 5.41) is 5.37. The second-order valence-corrected chi connectivity index (χ2v) is 5.59. The summed E-state index contributed by atoms with van der Waals surface area (Å²) in [4.78, 5) is 0. The highest BCUT2D eigenvalue weighted by Gasteiger charge is 2.00. The molecule has 0 amide bonds. The number of anilines is 1. The van der Waals surface area contributed by atoms with Crippen molar-refractivity contribution in [3.05, 3.63) is 42.5 Å². The molecule has 0 unspecified atom stereocenters. The van der Waals surface area contributed by atoms with E-state index in [4.69, 9.17) is 0 Å². The molecule has 18 heavy (non-hydrogen) atoms. The lowest BCUT2D eigenvalue weighted by atomic mass is 10.1. The maximum Gasteiger partial charge on any atom is 0.0946 e. The third-order valence-corrected chi connectivity index (χ3v) is 3.46. The van der Waals surface area contributed by atoms with Crippen LogP contribution in [-0.2, 0) is 10.1 Å². The number of rotatable bonds is 5. The zero-order valence-corrected chi connectivity index (χ0v) is 10.6. The number of fused-ring (bicyclic) bond motifs is 1. The molecule has 0 aromatic heterocycles. The Bertz CT molecular complexity index is 632. The van der Waals surface area contributed by atoms with Crippen LogP contribution in [0.2, 0.25) is 0 Å². The lowest BCUT2D eigenvalue weighted by Crippen LogP contribution is -2.10. The molecule has 0 radical (unpaired) electrons. The average Bonchev–Trinajstić information content (AvgIpc) is 2.33. The molecule has 0 heterocycles. The van der Waals surface area contributed by atoms with Crippen LogP contribution in [0.25, 0.3) is 10.8 Å². The summed E-state index contributed by atoms with van der Waals surface area (Å²) < 4.78 is 31.4. The summed E-state index contributed by atoms with van der Waals surface area (Å²) in [6.45, 7) is 0.468. The van der Waals surface area contributed by atoms with Gasteiger partial charge < -0.3 is 9.87 Å². The molecular weight excluding hydrogens is 250 g/mol. The number of nitrogens with one attached hydrogen (secondary N) is 1. The quantitative estimate of drug-likeness (QED) is 0.664. The smallest absolute Gasteiger partial charge is 0.0946 e. The van der Waals surface area contributed by atoms with Crippen LogP contribution >= 0.6 is 0 Å². The van der Waals surface area contributed by atoms with Crippen LogP contribution < -0.4 is 5.32 Å². The van der Waals surface area contributed by atoms with Gasteiger partial charge >= 0.3 is 0 Å². The van der Waals surface area contributed by atoms with Gasteiger partial charge in [-0.15, -0.1) is 0 Å². The van der Waals surface area contributed by atoms with Crippen molar-refractivity contribution in [3.63, 3.8) is 0 Å². The van der Waals surface area contributed by atoms with Crippen LogP contribution in [-0.4, -0.2) is 25.3 Å². The Kier molecular flexibility index (Phi) is 3.84.